The van der Waals surface area contributed by atoms with Gasteiger partial charge in [-0.05, 0) is 41.3 Å². The monoisotopic (exact) mass is 443 g/mol. The molecule has 1 saturated heterocycles. The number of methoxy groups -OCH3 is 1. The minimum Gasteiger partial charge on any atom is -0.457 e. The van der Waals surface area contributed by atoms with E-state index in [2.05, 4.69) is 0 Å². The van der Waals surface area contributed by atoms with Crippen LogP contribution in [0, 0.1) is 0 Å². The lowest BCUT2D eigenvalue weighted by Crippen LogP contribution is -2.57. The molecule has 1 N–H and O–H groups in total. The van der Waals surface area contributed by atoms with Crippen molar-refractivity contribution in [1.29, 1.82) is 0 Å². The van der Waals surface area contributed by atoms with Gasteiger partial charge < -0.3 is 38.5 Å². The Morgan fingerprint density at radius 1 is 1.35 bits per heavy atom. The Morgan fingerprint density at radius 3 is 2.55 bits per heavy atom. The van der Waals surface area contributed by atoms with Crippen molar-refractivity contribution in [3.63, 3.8) is 0 Å². The Labute approximate surface area is 184 Å². The molecule has 9 heteroatoms. The molecule has 0 radical (unpaired) electrons. The molecular formula is C22H37NO8. The largest absolute Gasteiger partial charge is 0.457 e. The number of cyclic esters (lactones) is 1. The third-order valence-corrected chi connectivity index (χ3v) is 6.01. The van der Waals surface area contributed by atoms with E-state index in [0.29, 0.717) is 17.8 Å². The van der Waals surface area contributed by atoms with Crippen molar-refractivity contribution in [3.05, 3.63) is 11.3 Å². The number of carbonyl (C=O) groups excluding carboxylic acids is 2. The van der Waals surface area contributed by atoms with Crippen molar-refractivity contribution in [1.82, 2.24) is 4.90 Å². The molecule has 0 amide bonds. The summed E-state index contributed by atoms with van der Waals surface area (Å²) in [5, 5.41) is 10.9. The number of carbonyl (C=O) groups is 2. The molecule has 31 heavy (non-hydrogen) atoms. The van der Waals surface area contributed by atoms with Crippen molar-refractivity contribution in [2.45, 2.75) is 95.9 Å². The Bertz CT molecular complexity index is 691. The van der Waals surface area contributed by atoms with Crippen LogP contribution < -0.4 is 0 Å². The Hall–Kier alpha value is -1.52. The van der Waals surface area contributed by atoms with E-state index in [-0.39, 0.29) is 25.0 Å². The van der Waals surface area contributed by atoms with Crippen LogP contribution in [0.5, 0.6) is 0 Å². The quantitative estimate of drug-likeness (QED) is 0.422. The molecule has 178 valence electrons. The van der Waals surface area contributed by atoms with Gasteiger partial charge in [-0.3, -0.25) is 0 Å². The molecule has 2 heterocycles. The molecule has 0 spiro atoms. The highest BCUT2D eigenvalue weighted by Gasteiger charge is 2.45. The summed E-state index contributed by atoms with van der Waals surface area (Å²) >= 11 is 0. The van der Waals surface area contributed by atoms with Gasteiger partial charge in [0.1, 0.15) is 18.1 Å². The first-order valence-electron chi connectivity index (χ1n) is 10.6. The Morgan fingerprint density at radius 2 is 2.00 bits per heavy atom. The molecular weight excluding hydrogens is 406 g/mol. The van der Waals surface area contributed by atoms with E-state index < -0.39 is 35.9 Å². The molecule has 2 aliphatic heterocycles. The fourth-order valence-electron chi connectivity index (χ4n) is 3.91. The van der Waals surface area contributed by atoms with Crippen LogP contribution in [0.4, 0.5) is 0 Å². The first-order chi connectivity index (χ1) is 14.3. The molecule has 6 atom stereocenters. The topological polar surface area (TPSA) is 104 Å². The summed E-state index contributed by atoms with van der Waals surface area (Å²) in [4.78, 5) is 25.6. The van der Waals surface area contributed by atoms with Gasteiger partial charge in [0, 0.05) is 39.8 Å². The SMILES string of the molecule is CO[C@](C)(CC=O)[C@@H](CC1=C(C)C(=O)OC(C)(C)O1)O[C@@H]1OC(C)CC(N(C)C)C1O. The summed E-state index contributed by atoms with van der Waals surface area (Å²) in [5.41, 5.74) is -0.719. The number of aldehydes is 1. The second kappa shape index (κ2) is 9.95. The number of hydrogen-bond acceptors (Lipinski definition) is 9. The smallest absolute Gasteiger partial charge is 0.340 e. The first kappa shape index (κ1) is 25.7. The molecule has 1 fully saturated rings. The molecule has 0 aromatic heterocycles. The average molecular weight is 444 g/mol. The number of aliphatic hydroxyl groups is 1. The lowest BCUT2D eigenvalue weighted by Gasteiger charge is -2.45. The van der Waals surface area contributed by atoms with Crippen LogP contribution in [0.2, 0.25) is 0 Å². The zero-order chi connectivity index (χ0) is 23.6. The van der Waals surface area contributed by atoms with E-state index in [0.717, 1.165) is 6.29 Å². The molecule has 2 rings (SSSR count). The first-order valence-corrected chi connectivity index (χ1v) is 10.6. The van der Waals surface area contributed by atoms with E-state index in [1.165, 1.54) is 7.11 Å². The van der Waals surface area contributed by atoms with Crippen molar-refractivity contribution in [3.8, 4) is 0 Å². The van der Waals surface area contributed by atoms with Gasteiger partial charge in [-0.1, -0.05) is 0 Å². The van der Waals surface area contributed by atoms with E-state index >= 15 is 0 Å². The fourth-order valence-corrected chi connectivity index (χ4v) is 3.91. The summed E-state index contributed by atoms with van der Waals surface area (Å²) < 4.78 is 29.0. The van der Waals surface area contributed by atoms with Gasteiger partial charge in [-0.15, -0.1) is 0 Å². The maximum atomic E-state index is 12.3. The highest BCUT2D eigenvalue weighted by Crippen LogP contribution is 2.36. The van der Waals surface area contributed by atoms with Gasteiger partial charge in [0.15, 0.2) is 6.29 Å². The second-order valence-corrected chi connectivity index (χ2v) is 9.23. The second-order valence-electron chi connectivity index (χ2n) is 9.23. The minimum atomic E-state index is -1.13. The number of hydrogen-bond donors (Lipinski definition) is 1. The average Bonchev–Trinajstić information content (AvgIpc) is 2.66. The molecule has 0 saturated carbocycles. The van der Waals surface area contributed by atoms with Gasteiger partial charge in [0.25, 0.3) is 0 Å². The maximum Gasteiger partial charge on any atom is 0.340 e. The van der Waals surface area contributed by atoms with Crippen LogP contribution >= 0.6 is 0 Å². The normalized spacial score (nSPS) is 31.6. The number of ether oxygens (including phenoxy) is 5. The number of likely N-dealkylation sites (N-methyl/N-ethyl adjacent to an activating group) is 1. The van der Waals surface area contributed by atoms with E-state index in [9.17, 15) is 14.7 Å². The van der Waals surface area contributed by atoms with Crippen molar-refractivity contribution < 1.29 is 38.4 Å². The van der Waals surface area contributed by atoms with Crippen LogP contribution in [-0.4, -0.2) is 85.5 Å². The minimum absolute atomic E-state index is 0.0454. The Balaban J connectivity index is 2.36. The third kappa shape index (κ3) is 6.04. The standard InChI is InChI=1S/C22H37NO8/c1-13-11-15(23(6)7)18(25)20(28-13)29-17(22(5,27-8)9-10-24)12-16-14(2)19(26)31-21(3,4)30-16/h10,13,15,17-18,20,25H,9,11-12H2,1-8H3/t13?,15?,17-,18?,20+,22-/m1/s1. The lowest BCUT2D eigenvalue weighted by atomic mass is 9.90. The molecule has 3 unspecified atom stereocenters. The van der Waals surface area contributed by atoms with Crippen molar-refractivity contribution in [2.24, 2.45) is 0 Å². The Kier molecular flexibility index (Phi) is 8.27. The molecule has 0 bridgehead atoms. The van der Waals surface area contributed by atoms with Gasteiger partial charge in [0.05, 0.1) is 23.4 Å². The van der Waals surface area contributed by atoms with Crippen LogP contribution in [0.15, 0.2) is 11.3 Å². The summed E-state index contributed by atoms with van der Waals surface area (Å²) in [6, 6.07) is -0.157. The molecule has 2 aliphatic rings. The number of esters is 1. The summed E-state index contributed by atoms with van der Waals surface area (Å²) in [7, 11) is 5.28. The van der Waals surface area contributed by atoms with Gasteiger partial charge in [-0.2, -0.15) is 0 Å². The van der Waals surface area contributed by atoms with Crippen LogP contribution in [0.3, 0.4) is 0 Å². The van der Waals surface area contributed by atoms with Crippen LogP contribution in [0.25, 0.3) is 0 Å². The van der Waals surface area contributed by atoms with E-state index in [1.807, 2.05) is 25.9 Å². The van der Waals surface area contributed by atoms with Gasteiger partial charge in [0.2, 0.25) is 5.79 Å². The van der Waals surface area contributed by atoms with Crippen LogP contribution in [0.1, 0.15) is 53.9 Å². The molecule has 9 nitrogen and oxygen atoms in total. The number of nitrogens with zero attached hydrogens (tertiary/aromatic N) is 1. The predicted molar refractivity (Wildman–Crippen MR) is 112 cm³/mol. The number of aliphatic hydroxyl groups excluding tert-OH is 1. The number of rotatable bonds is 9. The van der Waals surface area contributed by atoms with Crippen molar-refractivity contribution in [2.75, 3.05) is 21.2 Å². The van der Waals surface area contributed by atoms with Crippen LogP contribution in [-0.2, 0) is 33.3 Å². The van der Waals surface area contributed by atoms with E-state index in [4.69, 9.17) is 23.7 Å². The van der Waals surface area contributed by atoms with E-state index in [1.54, 1.807) is 27.7 Å². The highest BCUT2D eigenvalue weighted by atomic mass is 16.7. The molecule has 0 aliphatic carbocycles. The highest BCUT2D eigenvalue weighted by molar-refractivity contribution is 5.89. The zero-order valence-corrected chi connectivity index (χ0v) is 19.8. The van der Waals surface area contributed by atoms with Gasteiger partial charge >= 0.3 is 5.97 Å². The molecule has 0 aromatic rings. The fraction of sp³-hybridized carbons (Fsp3) is 0.818. The summed E-state index contributed by atoms with van der Waals surface area (Å²) in [6.07, 6.45) is -1.14. The lowest BCUT2D eigenvalue weighted by molar-refractivity contribution is -0.290. The summed E-state index contributed by atoms with van der Waals surface area (Å²) in [5.74, 6) is -1.21. The zero-order valence-electron chi connectivity index (χ0n) is 19.8. The van der Waals surface area contributed by atoms with Gasteiger partial charge in [-0.25, -0.2) is 4.79 Å². The third-order valence-electron chi connectivity index (χ3n) is 6.01. The summed E-state index contributed by atoms with van der Waals surface area (Å²) in [6.45, 7) is 8.57. The maximum absolute atomic E-state index is 12.3. The van der Waals surface area contributed by atoms with Crippen molar-refractivity contribution >= 4 is 12.3 Å². The predicted octanol–water partition coefficient (Wildman–Crippen LogP) is 1.77. The molecule has 0 aromatic carbocycles.